The molecular formula is C15H9BrClFN2OS. The van der Waals surface area contributed by atoms with Crippen molar-refractivity contribution in [2.24, 2.45) is 0 Å². The summed E-state index contributed by atoms with van der Waals surface area (Å²) in [4.78, 5) is 0. The predicted molar refractivity (Wildman–Crippen MR) is 88.4 cm³/mol. The first-order chi connectivity index (χ1) is 10.6. The van der Waals surface area contributed by atoms with E-state index in [2.05, 4.69) is 26.1 Å². The van der Waals surface area contributed by atoms with Crippen LogP contribution < -0.4 is 0 Å². The number of halogens is 3. The Morgan fingerprint density at radius 2 is 2.05 bits per heavy atom. The number of thioether (sulfide) groups is 1. The van der Waals surface area contributed by atoms with Crippen LogP contribution in [0.4, 0.5) is 4.39 Å². The number of rotatable bonds is 4. The molecule has 0 spiro atoms. The largest absolute Gasteiger partial charge is 0.411 e. The van der Waals surface area contributed by atoms with Crippen LogP contribution in [-0.2, 0) is 5.75 Å². The third-order valence-corrected chi connectivity index (χ3v) is 4.56. The lowest BCUT2D eigenvalue weighted by Crippen LogP contribution is -1.84. The van der Waals surface area contributed by atoms with Crippen molar-refractivity contribution in [3.05, 3.63) is 63.3 Å². The van der Waals surface area contributed by atoms with Gasteiger partial charge in [0.1, 0.15) is 5.82 Å². The van der Waals surface area contributed by atoms with Crippen LogP contribution in [0.5, 0.6) is 0 Å². The summed E-state index contributed by atoms with van der Waals surface area (Å²) >= 11 is 10.5. The van der Waals surface area contributed by atoms with Gasteiger partial charge in [-0.2, -0.15) is 0 Å². The van der Waals surface area contributed by atoms with Gasteiger partial charge in [0, 0.05) is 16.3 Å². The maximum atomic E-state index is 13.2. The van der Waals surface area contributed by atoms with E-state index >= 15 is 0 Å². The Bertz CT molecular complexity index is 812. The molecule has 2 aromatic carbocycles. The minimum absolute atomic E-state index is 0.283. The first kappa shape index (κ1) is 15.5. The smallest absolute Gasteiger partial charge is 0.277 e. The van der Waals surface area contributed by atoms with Crippen molar-refractivity contribution in [3.8, 4) is 11.5 Å². The van der Waals surface area contributed by atoms with E-state index in [1.807, 2.05) is 12.1 Å². The minimum Gasteiger partial charge on any atom is -0.411 e. The molecule has 0 radical (unpaired) electrons. The molecule has 0 bridgehead atoms. The fraction of sp³-hybridized carbons (Fsp3) is 0.0667. The van der Waals surface area contributed by atoms with Gasteiger partial charge in [-0.1, -0.05) is 35.5 Å². The molecular weight excluding hydrogens is 391 g/mol. The van der Waals surface area contributed by atoms with Crippen molar-refractivity contribution in [1.29, 1.82) is 0 Å². The molecule has 0 unspecified atom stereocenters. The highest BCUT2D eigenvalue weighted by atomic mass is 79.9. The van der Waals surface area contributed by atoms with E-state index in [1.165, 1.54) is 17.8 Å². The van der Waals surface area contributed by atoms with Gasteiger partial charge in [-0.15, -0.1) is 10.2 Å². The average molecular weight is 400 g/mol. The Kier molecular flexibility index (Phi) is 4.81. The van der Waals surface area contributed by atoms with Gasteiger partial charge in [-0.3, -0.25) is 0 Å². The summed E-state index contributed by atoms with van der Waals surface area (Å²) in [7, 11) is 0. The normalized spacial score (nSPS) is 10.9. The molecule has 3 aromatic rings. The van der Waals surface area contributed by atoms with Gasteiger partial charge in [0.15, 0.2) is 0 Å². The van der Waals surface area contributed by atoms with Gasteiger partial charge >= 0.3 is 0 Å². The van der Waals surface area contributed by atoms with Crippen LogP contribution in [-0.4, -0.2) is 10.2 Å². The van der Waals surface area contributed by atoms with Gasteiger partial charge < -0.3 is 4.42 Å². The predicted octanol–water partition coefficient (Wildman–Crippen LogP) is 5.58. The van der Waals surface area contributed by atoms with Crippen molar-refractivity contribution in [1.82, 2.24) is 10.2 Å². The molecule has 0 aliphatic carbocycles. The highest BCUT2D eigenvalue weighted by Crippen LogP contribution is 2.28. The van der Waals surface area contributed by atoms with Crippen LogP contribution in [0.2, 0.25) is 5.02 Å². The van der Waals surface area contributed by atoms with Crippen LogP contribution in [0.15, 0.2) is 56.6 Å². The van der Waals surface area contributed by atoms with E-state index in [0.717, 1.165) is 11.1 Å². The summed E-state index contributed by atoms with van der Waals surface area (Å²) in [6, 6.07) is 12.1. The molecule has 0 N–H and O–H groups in total. The summed E-state index contributed by atoms with van der Waals surface area (Å²) < 4.78 is 19.2. The molecule has 0 fully saturated rings. The quantitative estimate of drug-likeness (QED) is 0.537. The van der Waals surface area contributed by atoms with Crippen molar-refractivity contribution in [3.63, 3.8) is 0 Å². The fourth-order valence-electron chi connectivity index (χ4n) is 1.78. The molecule has 0 aliphatic heterocycles. The molecule has 0 saturated carbocycles. The summed E-state index contributed by atoms with van der Waals surface area (Å²) in [6.45, 7) is 0. The fourth-order valence-corrected chi connectivity index (χ4v) is 3.10. The maximum absolute atomic E-state index is 13.2. The zero-order valence-electron chi connectivity index (χ0n) is 11.1. The van der Waals surface area contributed by atoms with Crippen molar-refractivity contribution < 1.29 is 8.81 Å². The van der Waals surface area contributed by atoms with Crippen LogP contribution >= 0.6 is 39.3 Å². The number of nitrogens with zero attached hydrogens (tertiary/aromatic N) is 2. The Balaban J connectivity index is 1.70. The topological polar surface area (TPSA) is 38.9 Å². The van der Waals surface area contributed by atoms with Crippen molar-refractivity contribution in [2.45, 2.75) is 11.0 Å². The third-order valence-electron chi connectivity index (χ3n) is 2.82. The maximum Gasteiger partial charge on any atom is 0.277 e. The van der Waals surface area contributed by atoms with Crippen LogP contribution in [0.1, 0.15) is 5.56 Å². The van der Waals surface area contributed by atoms with Gasteiger partial charge in [-0.05, 0) is 51.8 Å². The Morgan fingerprint density at radius 3 is 2.82 bits per heavy atom. The third kappa shape index (κ3) is 3.69. The molecule has 0 atom stereocenters. The molecule has 3 nitrogen and oxygen atoms in total. The number of hydrogen-bond donors (Lipinski definition) is 0. The molecule has 1 aromatic heterocycles. The van der Waals surface area contributed by atoms with E-state index in [4.69, 9.17) is 16.0 Å². The molecule has 0 aliphatic rings. The zero-order chi connectivity index (χ0) is 15.5. The summed E-state index contributed by atoms with van der Waals surface area (Å²) in [6.07, 6.45) is 0. The highest BCUT2D eigenvalue weighted by molar-refractivity contribution is 9.10. The molecule has 7 heteroatoms. The Labute approximate surface area is 144 Å². The first-order valence-electron chi connectivity index (χ1n) is 6.28. The minimum atomic E-state index is -0.283. The SMILES string of the molecule is Fc1ccc(CSc2nnc(-c3cccc(Cl)c3)o2)cc1Br. The molecule has 3 rings (SSSR count). The molecule has 112 valence electrons. The van der Waals surface area contributed by atoms with Crippen LogP contribution in [0.3, 0.4) is 0 Å². The second-order valence-corrected chi connectivity index (χ2v) is 6.64. The van der Waals surface area contributed by atoms with Crippen LogP contribution in [0, 0.1) is 5.82 Å². The monoisotopic (exact) mass is 398 g/mol. The van der Waals surface area contributed by atoms with Crippen LogP contribution in [0.25, 0.3) is 11.5 Å². The van der Waals surface area contributed by atoms with E-state index < -0.39 is 0 Å². The van der Waals surface area contributed by atoms with Gasteiger partial charge in [-0.25, -0.2) is 4.39 Å². The lowest BCUT2D eigenvalue weighted by Gasteiger charge is -2.00. The van der Waals surface area contributed by atoms with E-state index in [0.29, 0.717) is 26.4 Å². The molecule has 22 heavy (non-hydrogen) atoms. The first-order valence-corrected chi connectivity index (χ1v) is 8.43. The highest BCUT2D eigenvalue weighted by Gasteiger charge is 2.10. The van der Waals surface area contributed by atoms with Gasteiger partial charge in [0.2, 0.25) is 5.89 Å². The average Bonchev–Trinajstić information content (AvgIpc) is 2.97. The molecule has 0 saturated heterocycles. The standard InChI is InChI=1S/C15H9BrClFN2OS/c16-12-6-9(4-5-13(12)18)8-22-15-20-19-14(21-15)10-2-1-3-11(17)7-10/h1-7H,8H2. The summed E-state index contributed by atoms with van der Waals surface area (Å²) in [5.41, 5.74) is 1.73. The molecule has 1 heterocycles. The zero-order valence-corrected chi connectivity index (χ0v) is 14.3. The Hall–Kier alpha value is -1.37. The van der Waals surface area contributed by atoms with E-state index in [-0.39, 0.29) is 5.82 Å². The second-order valence-electron chi connectivity index (χ2n) is 4.42. The lowest BCUT2D eigenvalue weighted by atomic mass is 10.2. The number of benzene rings is 2. The van der Waals surface area contributed by atoms with Crippen molar-refractivity contribution in [2.75, 3.05) is 0 Å². The van der Waals surface area contributed by atoms with E-state index in [9.17, 15) is 4.39 Å². The lowest BCUT2D eigenvalue weighted by molar-refractivity contribution is 0.466. The summed E-state index contributed by atoms with van der Waals surface area (Å²) in [5, 5.41) is 9.07. The van der Waals surface area contributed by atoms with E-state index in [1.54, 1.807) is 24.3 Å². The number of hydrogen-bond acceptors (Lipinski definition) is 4. The number of aromatic nitrogens is 2. The second kappa shape index (κ2) is 6.81. The van der Waals surface area contributed by atoms with Gasteiger partial charge in [0.05, 0.1) is 4.47 Å². The molecule has 0 amide bonds. The van der Waals surface area contributed by atoms with Gasteiger partial charge in [0.25, 0.3) is 5.22 Å². The summed E-state index contributed by atoms with van der Waals surface area (Å²) in [5.74, 6) is 0.746. The van der Waals surface area contributed by atoms with Crippen molar-refractivity contribution >= 4 is 39.3 Å². The Morgan fingerprint density at radius 1 is 1.18 bits per heavy atom.